The van der Waals surface area contributed by atoms with Crippen LogP contribution in [0.5, 0.6) is 5.75 Å². The van der Waals surface area contributed by atoms with Crippen LogP contribution in [0.3, 0.4) is 0 Å². The molecule has 1 saturated carbocycles. The fraction of sp³-hybridized carbons (Fsp3) is 0.526. The van der Waals surface area contributed by atoms with Crippen LogP contribution in [-0.4, -0.2) is 51.6 Å². The van der Waals surface area contributed by atoms with Crippen LogP contribution in [0.15, 0.2) is 34.7 Å². The summed E-state index contributed by atoms with van der Waals surface area (Å²) in [6, 6.07) is 5.64. The maximum absolute atomic E-state index is 12.2. The number of rotatable bonds is 4. The predicted molar refractivity (Wildman–Crippen MR) is 116 cm³/mol. The first-order valence-corrected chi connectivity index (χ1v) is 11.9. The van der Waals surface area contributed by atoms with E-state index >= 15 is 0 Å². The molecule has 0 amide bonds. The predicted octanol–water partition coefficient (Wildman–Crippen LogP) is 3.87. The molecule has 1 fully saturated rings. The average molecular weight is 427 g/mol. The highest BCUT2D eigenvalue weighted by Gasteiger charge is 2.19. The topological polar surface area (TPSA) is 83.6 Å². The van der Waals surface area contributed by atoms with Crippen molar-refractivity contribution in [1.82, 2.24) is 9.88 Å². The zero-order chi connectivity index (χ0) is 20.0. The molecule has 0 atom stereocenters. The van der Waals surface area contributed by atoms with Gasteiger partial charge in [0, 0.05) is 31.7 Å². The van der Waals surface area contributed by atoms with Crippen LogP contribution >= 0.6 is 11.3 Å². The number of nitrogens with zero attached hydrogens (tertiary/aromatic N) is 2. The summed E-state index contributed by atoms with van der Waals surface area (Å²) >= 11 is 1.23. The number of thiazole rings is 1. The lowest BCUT2D eigenvalue weighted by Crippen LogP contribution is -2.29. The van der Waals surface area contributed by atoms with E-state index in [1.165, 1.54) is 55.6 Å². The summed E-state index contributed by atoms with van der Waals surface area (Å²) in [5.74, 6) is 0.549. The average Bonchev–Trinajstić information content (AvgIpc) is 3.21. The van der Waals surface area contributed by atoms with Gasteiger partial charge in [0.1, 0.15) is 12.4 Å². The van der Waals surface area contributed by atoms with Crippen molar-refractivity contribution in [3.05, 3.63) is 29.8 Å². The molecule has 4 rings (SSSR count). The molecule has 0 spiro atoms. The van der Waals surface area contributed by atoms with Gasteiger partial charge in [0.15, 0.2) is 5.13 Å². The minimum absolute atomic E-state index is 0. The smallest absolute Gasteiger partial charge is 0.263 e. The van der Waals surface area contributed by atoms with Gasteiger partial charge in [-0.1, -0.05) is 19.3 Å². The molecule has 9 heteroatoms. The first kappa shape index (κ1) is 20.9. The summed E-state index contributed by atoms with van der Waals surface area (Å²) < 4.78 is 32.2. The summed E-state index contributed by atoms with van der Waals surface area (Å²) in [7, 11) is 0.754. The van der Waals surface area contributed by atoms with Crippen LogP contribution in [0.1, 0.15) is 33.5 Å². The fourth-order valence-electron chi connectivity index (χ4n) is 3.33. The maximum atomic E-state index is 12.2. The van der Waals surface area contributed by atoms with Crippen molar-refractivity contribution in [1.29, 1.82) is 0 Å². The van der Waals surface area contributed by atoms with Crippen molar-refractivity contribution in [2.45, 2.75) is 43.0 Å². The van der Waals surface area contributed by atoms with Gasteiger partial charge in [-0.2, -0.15) is 0 Å². The van der Waals surface area contributed by atoms with Crippen LogP contribution in [0.25, 0.3) is 0 Å². The summed E-state index contributed by atoms with van der Waals surface area (Å²) in [5.41, 5.74) is 0.805. The summed E-state index contributed by atoms with van der Waals surface area (Å²) in [6.45, 7) is 1.24. The minimum atomic E-state index is -3.63. The molecule has 7 nitrogen and oxygen atoms in total. The summed E-state index contributed by atoms with van der Waals surface area (Å²) in [4.78, 5) is 6.42. The van der Waals surface area contributed by atoms with E-state index in [1.807, 2.05) is 0 Å². The maximum Gasteiger partial charge on any atom is 0.263 e. The molecule has 1 aromatic carbocycles. The van der Waals surface area contributed by atoms with Gasteiger partial charge < -0.3 is 15.0 Å². The van der Waals surface area contributed by atoms with E-state index in [4.69, 9.17) is 4.74 Å². The van der Waals surface area contributed by atoms with E-state index in [2.05, 4.69) is 34.0 Å². The van der Waals surface area contributed by atoms with Gasteiger partial charge in [-0.3, -0.25) is 4.72 Å². The number of aromatic nitrogens is 1. The molecule has 1 aliphatic carbocycles. The minimum Gasteiger partial charge on any atom is -0.490 e. The Morgan fingerprint density at radius 1 is 1.29 bits per heavy atom. The van der Waals surface area contributed by atoms with E-state index in [1.54, 1.807) is 17.6 Å². The van der Waals surface area contributed by atoms with E-state index in [9.17, 15) is 8.42 Å². The SMILES string of the molecule is CN(C)C1CCCCC1.O=S(=O)(Nc1nccs1)c1ccc2c(c1)OCCN2.[HH]. The summed E-state index contributed by atoms with van der Waals surface area (Å²) in [5, 5.41) is 5.19. The first-order valence-electron chi connectivity index (χ1n) is 9.55. The number of fused-ring (bicyclic) bond motifs is 1. The third-order valence-corrected chi connectivity index (χ3v) is 7.05. The normalized spacial score (nSPS) is 17.0. The third kappa shape index (κ3) is 5.59. The Morgan fingerprint density at radius 3 is 2.71 bits per heavy atom. The van der Waals surface area contributed by atoms with Crippen LogP contribution in [0, 0.1) is 0 Å². The quantitative estimate of drug-likeness (QED) is 0.772. The van der Waals surface area contributed by atoms with Crippen molar-refractivity contribution >= 4 is 32.2 Å². The molecule has 0 saturated heterocycles. The number of anilines is 2. The van der Waals surface area contributed by atoms with Gasteiger partial charge in [0.05, 0.1) is 10.6 Å². The molecule has 2 aromatic rings. The highest BCUT2D eigenvalue weighted by atomic mass is 32.2. The molecule has 2 aliphatic rings. The van der Waals surface area contributed by atoms with Crippen molar-refractivity contribution in [2.75, 3.05) is 37.3 Å². The first-order chi connectivity index (χ1) is 13.5. The Morgan fingerprint density at radius 2 is 2.07 bits per heavy atom. The highest BCUT2D eigenvalue weighted by Crippen LogP contribution is 2.30. The monoisotopic (exact) mass is 426 g/mol. The second-order valence-corrected chi connectivity index (χ2v) is 9.71. The lowest BCUT2D eigenvalue weighted by Gasteiger charge is -2.27. The molecule has 0 unspecified atom stereocenters. The lowest BCUT2D eigenvalue weighted by molar-refractivity contribution is 0.229. The number of hydrogen-bond acceptors (Lipinski definition) is 7. The third-order valence-electron chi connectivity index (χ3n) is 4.90. The van der Waals surface area contributed by atoms with E-state index in [0.29, 0.717) is 17.5 Å². The molecular formula is C19H30N4O3S2. The zero-order valence-corrected chi connectivity index (χ0v) is 18.0. The van der Waals surface area contributed by atoms with Gasteiger partial charge in [-0.15, -0.1) is 11.3 Å². The Labute approximate surface area is 172 Å². The van der Waals surface area contributed by atoms with Crippen LogP contribution in [0.2, 0.25) is 0 Å². The lowest BCUT2D eigenvalue weighted by atomic mass is 9.95. The Bertz CT molecular complexity index is 854. The van der Waals surface area contributed by atoms with Gasteiger partial charge in [0.2, 0.25) is 0 Å². The zero-order valence-electron chi connectivity index (χ0n) is 16.3. The molecule has 28 heavy (non-hydrogen) atoms. The molecule has 1 aliphatic heterocycles. The Kier molecular flexibility index (Phi) is 7.14. The molecule has 0 bridgehead atoms. The van der Waals surface area contributed by atoms with Gasteiger partial charge in [-0.05, 0) is 39.1 Å². The second-order valence-electron chi connectivity index (χ2n) is 7.13. The van der Waals surface area contributed by atoms with Crippen LogP contribution in [0.4, 0.5) is 10.8 Å². The number of hydrogen-bond donors (Lipinski definition) is 2. The molecule has 0 radical (unpaired) electrons. The number of sulfonamides is 1. The largest absolute Gasteiger partial charge is 0.490 e. The van der Waals surface area contributed by atoms with Crippen LogP contribution < -0.4 is 14.8 Å². The number of nitrogens with one attached hydrogen (secondary N) is 2. The van der Waals surface area contributed by atoms with Crippen molar-refractivity contribution in [3.8, 4) is 5.75 Å². The van der Waals surface area contributed by atoms with Gasteiger partial charge >= 0.3 is 0 Å². The summed E-state index contributed by atoms with van der Waals surface area (Å²) in [6.07, 6.45) is 8.75. The molecular weight excluding hydrogens is 396 g/mol. The van der Waals surface area contributed by atoms with Gasteiger partial charge in [0.25, 0.3) is 10.0 Å². The van der Waals surface area contributed by atoms with Gasteiger partial charge in [-0.25, -0.2) is 13.4 Å². The van der Waals surface area contributed by atoms with E-state index in [-0.39, 0.29) is 6.32 Å². The molecule has 2 N–H and O–H groups in total. The highest BCUT2D eigenvalue weighted by molar-refractivity contribution is 7.93. The van der Waals surface area contributed by atoms with Crippen LogP contribution in [-0.2, 0) is 10.0 Å². The second kappa shape index (κ2) is 9.58. The van der Waals surface area contributed by atoms with Crippen molar-refractivity contribution < 1.29 is 14.6 Å². The number of ether oxygens (including phenoxy) is 1. The van der Waals surface area contributed by atoms with Crippen molar-refractivity contribution in [2.24, 2.45) is 0 Å². The Hall–Kier alpha value is -1.84. The van der Waals surface area contributed by atoms with E-state index in [0.717, 1.165) is 18.3 Å². The Balaban J connectivity index is 0.000000255. The standard InChI is InChI=1S/C11H11N3O3S2.C8H17N.H2/c15-19(16,14-11-13-4-6-18-11)8-1-2-9-10(7-8)17-5-3-12-9;1-9(2)8-6-4-3-5-7-8;/h1-2,4,6-7,12H,3,5H2,(H,13,14);8H,3-7H2,1-2H3;1H. The fourth-order valence-corrected chi connectivity index (χ4v) is 5.13. The molecule has 156 valence electrons. The molecule has 1 aromatic heterocycles. The number of benzene rings is 1. The molecule has 2 heterocycles. The van der Waals surface area contributed by atoms with Crippen molar-refractivity contribution in [3.63, 3.8) is 0 Å². The van der Waals surface area contributed by atoms with E-state index < -0.39 is 10.0 Å².